The van der Waals surface area contributed by atoms with Crippen LogP contribution in [0, 0.1) is 11.7 Å². The third-order valence-corrected chi connectivity index (χ3v) is 8.86. The largest absolute Gasteiger partial charge is 0.396 e. The molecule has 0 spiro atoms. The molecule has 1 unspecified atom stereocenters. The van der Waals surface area contributed by atoms with Crippen LogP contribution >= 0.6 is 0 Å². The Labute approximate surface area is 247 Å². The molecular weight excluding hydrogens is 559 g/mol. The van der Waals surface area contributed by atoms with E-state index >= 15 is 0 Å². The van der Waals surface area contributed by atoms with E-state index in [9.17, 15) is 27.5 Å². The van der Waals surface area contributed by atoms with Gasteiger partial charge in [-0.2, -0.15) is 4.31 Å². The van der Waals surface area contributed by atoms with Crippen LogP contribution in [0.3, 0.4) is 0 Å². The van der Waals surface area contributed by atoms with E-state index in [0.29, 0.717) is 32.2 Å². The minimum Gasteiger partial charge on any atom is -0.396 e. The van der Waals surface area contributed by atoms with E-state index in [2.05, 4.69) is 10.6 Å². The molecule has 0 aliphatic rings. The molecular formula is C31H41FN4O5S. The number of amides is 2. The van der Waals surface area contributed by atoms with Crippen molar-refractivity contribution in [3.8, 4) is 0 Å². The van der Waals surface area contributed by atoms with Crippen molar-refractivity contribution in [2.75, 3.05) is 25.4 Å². The number of benzene rings is 3. The molecule has 3 rings (SSSR count). The standard InChI is InChI=1S/C31H41FN4O5S/c1-21(2)19-36(42(40,41)27-13-14-28(32)29(33)18-27)26(20-37)10-6-7-15-34-31(39)30(35-22(3)38)17-23-11-12-24-8-4-5-9-25(24)16-23/h4-5,8-9,11-14,16,18,21,26,30,37H,6-7,10,15,17,19-20,33H2,1-3H3,(H,34,39)(H,35,38)/t26?,30-/m0/s1. The zero-order valence-electron chi connectivity index (χ0n) is 24.3. The molecule has 3 aromatic rings. The van der Waals surface area contributed by atoms with Crippen molar-refractivity contribution in [1.29, 1.82) is 0 Å². The lowest BCUT2D eigenvalue weighted by Crippen LogP contribution is -2.47. The van der Waals surface area contributed by atoms with Crippen LogP contribution in [0.25, 0.3) is 10.8 Å². The number of hydrogen-bond donors (Lipinski definition) is 4. The topological polar surface area (TPSA) is 142 Å². The molecule has 0 bridgehead atoms. The average Bonchev–Trinajstić information content (AvgIpc) is 2.94. The normalized spacial score (nSPS) is 13.3. The van der Waals surface area contributed by atoms with Gasteiger partial charge < -0.3 is 21.5 Å². The number of nitrogens with zero attached hydrogens (tertiary/aromatic N) is 1. The van der Waals surface area contributed by atoms with E-state index in [1.54, 1.807) is 0 Å². The fourth-order valence-electron chi connectivity index (χ4n) is 4.84. The number of carbonyl (C=O) groups is 2. The van der Waals surface area contributed by atoms with Crippen LogP contribution in [0.15, 0.2) is 65.6 Å². The molecule has 3 aromatic carbocycles. The highest BCUT2D eigenvalue weighted by Gasteiger charge is 2.32. The second-order valence-electron chi connectivity index (χ2n) is 10.9. The first-order chi connectivity index (χ1) is 19.9. The van der Waals surface area contributed by atoms with Crippen LogP contribution < -0.4 is 16.4 Å². The maximum Gasteiger partial charge on any atom is 0.243 e. The van der Waals surface area contributed by atoms with Gasteiger partial charge in [0.1, 0.15) is 11.9 Å². The third kappa shape index (κ3) is 8.98. The Hall–Kier alpha value is -3.54. The number of halogens is 1. The number of sulfonamides is 1. The Morgan fingerprint density at radius 3 is 2.38 bits per heavy atom. The number of nitrogens with one attached hydrogen (secondary N) is 2. The minimum absolute atomic E-state index is 0.0285. The fourth-order valence-corrected chi connectivity index (χ4v) is 6.69. The van der Waals surface area contributed by atoms with Crippen molar-refractivity contribution in [2.24, 2.45) is 5.92 Å². The van der Waals surface area contributed by atoms with Crippen molar-refractivity contribution in [1.82, 2.24) is 14.9 Å². The number of hydrogen-bond acceptors (Lipinski definition) is 6. The van der Waals surface area contributed by atoms with E-state index in [1.165, 1.54) is 17.3 Å². The van der Waals surface area contributed by atoms with Gasteiger partial charge in [0, 0.05) is 32.5 Å². The average molecular weight is 601 g/mol. The van der Waals surface area contributed by atoms with Gasteiger partial charge in [-0.25, -0.2) is 12.8 Å². The maximum absolute atomic E-state index is 13.7. The zero-order chi connectivity index (χ0) is 30.9. The Morgan fingerprint density at radius 2 is 1.74 bits per heavy atom. The summed E-state index contributed by atoms with van der Waals surface area (Å²) in [5.74, 6) is -1.35. The molecule has 11 heteroatoms. The van der Waals surface area contributed by atoms with Crippen LogP contribution in [0.4, 0.5) is 10.1 Å². The fraction of sp³-hybridized carbons (Fsp3) is 0.419. The monoisotopic (exact) mass is 600 g/mol. The van der Waals surface area contributed by atoms with E-state index in [-0.39, 0.29) is 34.9 Å². The second kappa shape index (κ2) is 15.1. The number of unbranched alkanes of at least 4 members (excludes halogenated alkanes) is 1. The molecule has 2 atom stereocenters. The first kappa shape index (κ1) is 33.0. The lowest BCUT2D eigenvalue weighted by molar-refractivity contribution is -0.128. The van der Waals surface area contributed by atoms with Gasteiger partial charge in [-0.15, -0.1) is 0 Å². The van der Waals surface area contributed by atoms with Gasteiger partial charge in [0.25, 0.3) is 0 Å². The van der Waals surface area contributed by atoms with Crippen molar-refractivity contribution < 1.29 is 27.5 Å². The number of aliphatic hydroxyl groups excluding tert-OH is 1. The number of anilines is 1. The first-order valence-corrected chi connectivity index (χ1v) is 15.6. The number of nitrogens with two attached hydrogens (primary N) is 1. The molecule has 2 amide bonds. The molecule has 42 heavy (non-hydrogen) atoms. The van der Waals surface area contributed by atoms with Gasteiger partial charge in [0.15, 0.2) is 0 Å². The van der Waals surface area contributed by atoms with E-state index in [0.717, 1.165) is 28.5 Å². The molecule has 0 aliphatic heterocycles. The summed E-state index contributed by atoms with van der Waals surface area (Å²) in [7, 11) is -4.05. The van der Waals surface area contributed by atoms with Crippen molar-refractivity contribution >= 4 is 38.3 Å². The summed E-state index contributed by atoms with van der Waals surface area (Å²) in [5.41, 5.74) is 6.26. The van der Waals surface area contributed by atoms with Gasteiger partial charge in [-0.3, -0.25) is 9.59 Å². The van der Waals surface area contributed by atoms with Gasteiger partial charge in [0.05, 0.1) is 17.2 Å². The third-order valence-electron chi connectivity index (χ3n) is 6.95. The van der Waals surface area contributed by atoms with Crippen LogP contribution in [0.1, 0.15) is 45.6 Å². The minimum atomic E-state index is -4.05. The SMILES string of the molecule is CC(=O)N[C@@H](Cc1ccc2ccccc2c1)C(=O)NCCCCC(CO)N(CC(C)C)S(=O)(=O)c1ccc(F)c(N)c1. The van der Waals surface area contributed by atoms with Gasteiger partial charge in [0.2, 0.25) is 21.8 Å². The summed E-state index contributed by atoms with van der Waals surface area (Å²) >= 11 is 0. The molecule has 0 aliphatic carbocycles. The van der Waals surface area contributed by atoms with Crippen LogP contribution in [0.2, 0.25) is 0 Å². The van der Waals surface area contributed by atoms with Crippen molar-refractivity contribution in [2.45, 2.75) is 63.4 Å². The molecule has 0 aromatic heterocycles. The molecule has 9 nitrogen and oxygen atoms in total. The smallest absolute Gasteiger partial charge is 0.243 e. The Balaban J connectivity index is 1.60. The number of nitrogen functional groups attached to an aromatic ring is 1. The van der Waals surface area contributed by atoms with Crippen LogP contribution in [-0.4, -0.2) is 61.4 Å². The number of aliphatic hydroxyl groups is 1. The van der Waals surface area contributed by atoms with Gasteiger partial charge >= 0.3 is 0 Å². The predicted molar refractivity (Wildman–Crippen MR) is 163 cm³/mol. The Kier molecular flexibility index (Phi) is 11.8. The molecule has 0 saturated heterocycles. The van der Waals surface area contributed by atoms with E-state index in [1.807, 2.05) is 56.3 Å². The summed E-state index contributed by atoms with van der Waals surface area (Å²) in [5, 5.41) is 17.9. The molecule has 5 N–H and O–H groups in total. The van der Waals surface area contributed by atoms with Gasteiger partial charge in [-0.1, -0.05) is 62.7 Å². The summed E-state index contributed by atoms with van der Waals surface area (Å²) in [6.45, 7) is 5.19. The highest BCUT2D eigenvalue weighted by Crippen LogP contribution is 2.25. The molecule has 0 saturated carbocycles. The second-order valence-corrected chi connectivity index (χ2v) is 12.8. The lowest BCUT2D eigenvalue weighted by atomic mass is 10.0. The lowest BCUT2D eigenvalue weighted by Gasteiger charge is -2.31. The molecule has 228 valence electrons. The summed E-state index contributed by atoms with van der Waals surface area (Å²) in [4.78, 5) is 24.7. The Morgan fingerprint density at radius 1 is 1.02 bits per heavy atom. The predicted octanol–water partition coefficient (Wildman–Crippen LogP) is 3.60. The van der Waals surface area contributed by atoms with E-state index in [4.69, 9.17) is 5.73 Å². The first-order valence-electron chi connectivity index (χ1n) is 14.1. The van der Waals surface area contributed by atoms with Crippen LogP contribution in [-0.2, 0) is 26.0 Å². The molecule has 0 fully saturated rings. The summed E-state index contributed by atoms with van der Waals surface area (Å²) in [6, 6.07) is 15.7. The quantitative estimate of drug-likeness (QED) is 0.155. The van der Waals surface area contributed by atoms with Gasteiger partial charge in [-0.05, 0) is 53.3 Å². The highest BCUT2D eigenvalue weighted by molar-refractivity contribution is 7.89. The number of rotatable bonds is 15. The van der Waals surface area contributed by atoms with Crippen LogP contribution in [0.5, 0.6) is 0 Å². The van der Waals surface area contributed by atoms with Crippen molar-refractivity contribution in [3.63, 3.8) is 0 Å². The number of carbonyl (C=O) groups excluding carboxylic acids is 2. The van der Waals surface area contributed by atoms with E-state index < -0.39 is 34.5 Å². The van der Waals surface area contributed by atoms with Crippen molar-refractivity contribution in [3.05, 3.63) is 72.0 Å². The number of fused-ring (bicyclic) bond motifs is 1. The molecule has 0 radical (unpaired) electrons. The maximum atomic E-state index is 13.7. The summed E-state index contributed by atoms with van der Waals surface area (Å²) < 4.78 is 41.8. The Bertz CT molecular complexity index is 1480. The highest BCUT2D eigenvalue weighted by atomic mass is 32.2. The molecule has 0 heterocycles. The summed E-state index contributed by atoms with van der Waals surface area (Å²) in [6.07, 6.45) is 1.74. The zero-order valence-corrected chi connectivity index (χ0v) is 25.2.